The van der Waals surface area contributed by atoms with E-state index in [0.29, 0.717) is 6.04 Å². The molecule has 1 aromatic rings. The number of hydrogen-bond donors (Lipinski definition) is 1. The first-order valence-electron chi connectivity index (χ1n) is 6.66. The SMILES string of the molecule is C=CCC(C)NCc1cccc2c1OC(C)(C)C2. The fourth-order valence-electron chi connectivity index (χ4n) is 2.44. The maximum Gasteiger partial charge on any atom is 0.127 e. The summed E-state index contributed by atoms with van der Waals surface area (Å²) in [5, 5.41) is 3.51. The molecule has 0 saturated heterocycles. The highest BCUT2D eigenvalue weighted by molar-refractivity contribution is 5.45. The molecular formula is C16H23NO. The molecule has 18 heavy (non-hydrogen) atoms. The van der Waals surface area contributed by atoms with Crippen LogP contribution in [-0.2, 0) is 13.0 Å². The molecule has 0 aliphatic carbocycles. The van der Waals surface area contributed by atoms with E-state index < -0.39 is 0 Å². The van der Waals surface area contributed by atoms with Crippen LogP contribution in [0.5, 0.6) is 5.75 Å². The van der Waals surface area contributed by atoms with Crippen molar-refractivity contribution in [2.75, 3.05) is 0 Å². The topological polar surface area (TPSA) is 21.3 Å². The van der Waals surface area contributed by atoms with Crippen molar-refractivity contribution in [1.82, 2.24) is 5.32 Å². The Morgan fingerprint density at radius 1 is 1.50 bits per heavy atom. The number of rotatable bonds is 5. The third-order valence-corrected chi connectivity index (χ3v) is 3.33. The molecule has 1 aliphatic rings. The first kappa shape index (κ1) is 13.2. The van der Waals surface area contributed by atoms with E-state index in [2.05, 4.69) is 50.9 Å². The number of nitrogens with one attached hydrogen (secondary N) is 1. The lowest BCUT2D eigenvalue weighted by Crippen LogP contribution is -2.26. The van der Waals surface area contributed by atoms with Crippen LogP contribution in [0.1, 0.15) is 38.3 Å². The molecular weight excluding hydrogens is 222 g/mol. The van der Waals surface area contributed by atoms with Crippen LogP contribution in [0.2, 0.25) is 0 Å². The molecule has 1 N–H and O–H groups in total. The van der Waals surface area contributed by atoms with Crippen molar-refractivity contribution >= 4 is 0 Å². The maximum absolute atomic E-state index is 6.06. The van der Waals surface area contributed by atoms with Crippen LogP contribution < -0.4 is 10.1 Å². The molecule has 1 aromatic carbocycles. The summed E-state index contributed by atoms with van der Waals surface area (Å²) < 4.78 is 6.06. The summed E-state index contributed by atoms with van der Waals surface area (Å²) in [6, 6.07) is 6.89. The molecule has 0 bridgehead atoms. The molecule has 1 unspecified atom stereocenters. The second kappa shape index (κ2) is 5.15. The van der Waals surface area contributed by atoms with E-state index in [1.54, 1.807) is 0 Å². The van der Waals surface area contributed by atoms with Gasteiger partial charge in [0.2, 0.25) is 0 Å². The molecule has 1 atom stereocenters. The Morgan fingerprint density at radius 2 is 2.28 bits per heavy atom. The third kappa shape index (κ3) is 2.94. The Hall–Kier alpha value is -1.28. The molecule has 0 saturated carbocycles. The summed E-state index contributed by atoms with van der Waals surface area (Å²) in [5.74, 6) is 1.08. The number of ether oxygens (including phenoxy) is 1. The van der Waals surface area contributed by atoms with Gasteiger partial charge < -0.3 is 10.1 Å². The number of benzene rings is 1. The van der Waals surface area contributed by atoms with E-state index in [4.69, 9.17) is 4.74 Å². The summed E-state index contributed by atoms with van der Waals surface area (Å²) >= 11 is 0. The van der Waals surface area contributed by atoms with Crippen molar-refractivity contribution in [1.29, 1.82) is 0 Å². The predicted octanol–water partition coefficient (Wildman–Crippen LogP) is 3.45. The molecule has 1 aliphatic heterocycles. The van der Waals surface area contributed by atoms with E-state index >= 15 is 0 Å². The number of fused-ring (bicyclic) bond motifs is 1. The Balaban J connectivity index is 2.07. The third-order valence-electron chi connectivity index (χ3n) is 3.33. The largest absolute Gasteiger partial charge is 0.487 e. The van der Waals surface area contributed by atoms with Crippen LogP contribution in [0.4, 0.5) is 0 Å². The zero-order valence-electron chi connectivity index (χ0n) is 11.6. The number of hydrogen-bond acceptors (Lipinski definition) is 2. The maximum atomic E-state index is 6.06. The second-order valence-electron chi connectivity index (χ2n) is 5.75. The highest BCUT2D eigenvalue weighted by Gasteiger charge is 2.31. The quantitative estimate of drug-likeness (QED) is 0.802. The molecule has 1 heterocycles. The average Bonchev–Trinajstić information content (AvgIpc) is 2.61. The van der Waals surface area contributed by atoms with Gasteiger partial charge in [-0.15, -0.1) is 6.58 Å². The summed E-state index contributed by atoms with van der Waals surface area (Å²) in [7, 11) is 0. The lowest BCUT2D eigenvalue weighted by molar-refractivity contribution is 0.137. The smallest absolute Gasteiger partial charge is 0.127 e. The fraction of sp³-hybridized carbons (Fsp3) is 0.500. The van der Waals surface area contributed by atoms with Crippen LogP contribution in [0.3, 0.4) is 0 Å². The molecule has 0 fully saturated rings. The average molecular weight is 245 g/mol. The van der Waals surface area contributed by atoms with Gasteiger partial charge >= 0.3 is 0 Å². The van der Waals surface area contributed by atoms with E-state index in [1.165, 1.54) is 11.1 Å². The van der Waals surface area contributed by atoms with Crippen LogP contribution in [0, 0.1) is 0 Å². The lowest BCUT2D eigenvalue weighted by Gasteiger charge is -2.19. The minimum atomic E-state index is -0.0643. The monoisotopic (exact) mass is 245 g/mol. The van der Waals surface area contributed by atoms with Gasteiger partial charge in [0, 0.05) is 24.6 Å². The lowest BCUT2D eigenvalue weighted by atomic mass is 10.0. The molecule has 0 spiro atoms. The Bertz CT molecular complexity index is 437. The fourth-order valence-corrected chi connectivity index (χ4v) is 2.44. The molecule has 2 heteroatoms. The summed E-state index contributed by atoms with van der Waals surface area (Å²) in [4.78, 5) is 0. The zero-order valence-corrected chi connectivity index (χ0v) is 11.6. The Morgan fingerprint density at radius 3 is 3.00 bits per heavy atom. The van der Waals surface area contributed by atoms with E-state index in [1.807, 2.05) is 6.08 Å². The van der Waals surface area contributed by atoms with Gasteiger partial charge in [0.15, 0.2) is 0 Å². The van der Waals surface area contributed by atoms with Gasteiger partial charge in [0.25, 0.3) is 0 Å². The van der Waals surface area contributed by atoms with Gasteiger partial charge in [0.1, 0.15) is 11.4 Å². The molecule has 0 aromatic heterocycles. The van der Waals surface area contributed by atoms with Gasteiger partial charge in [0.05, 0.1) is 0 Å². The van der Waals surface area contributed by atoms with Gasteiger partial charge in [-0.05, 0) is 32.8 Å². The van der Waals surface area contributed by atoms with Crippen LogP contribution in [-0.4, -0.2) is 11.6 Å². The van der Waals surface area contributed by atoms with Crippen LogP contribution in [0.15, 0.2) is 30.9 Å². The van der Waals surface area contributed by atoms with Crippen molar-refractivity contribution in [3.8, 4) is 5.75 Å². The van der Waals surface area contributed by atoms with Crippen molar-refractivity contribution in [3.63, 3.8) is 0 Å². The normalized spacial score (nSPS) is 17.9. The van der Waals surface area contributed by atoms with E-state index in [0.717, 1.165) is 25.1 Å². The van der Waals surface area contributed by atoms with Crippen LogP contribution in [0.25, 0.3) is 0 Å². The van der Waals surface area contributed by atoms with Gasteiger partial charge in [-0.1, -0.05) is 24.3 Å². The van der Waals surface area contributed by atoms with Gasteiger partial charge in [-0.25, -0.2) is 0 Å². The van der Waals surface area contributed by atoms with Crippen molar-refractivity contribution < 1.29 is 4.74 Å². The van der Waals surface area contributed by atoms with Crippen molar-refractivity contribution in [2.45, 2.75) is 51.8 Å². The molecule has 98 valence electrons. The van der Waals surface area contributed by atoms with E-state index in [9.17, 15) is 0 Å². The molecule has 0 radical (unpaired) electrons. The highest BCUT2D eigenvalue weighted by Crippen LogP contribution is 2.37. The standard InChI is InChI=1S/C16H23NO/c1-5-7-12(2)17-11-14-9-6-8-13-10-16(3,4)18-15(13)14/h5-6,8-9,12,17H,1,7,10-11H2,2-4H3. The number of para-hydroxylation sites is 1. The molecule has 2 rings (SSSR count). The van der Waals surface area contributed by atoms with Gasteiger partial charge in [-0.2, -0.15) is 0 Å². The summed E-state index contributed by atoms with van der Waals surface area (Å²) in [6.45, 7) is 11.1. The Kier molecular flexibility index (Phi) is 3.76. The molecule has 2 nitrogen and oxygen atoms in total. The Labute approximate surface area is 110 Å². The minimum Gasteiger partial charge on any atom is -0.487 e. The highest BCUT2D eigenvalue weighted by atomic mass is 16.5. The first-order chi connectivity index (χ1) is 8.52. The van der Waals surface area contributed by atoms with Crippen molar-refractivity contribution in [2.24, 2.45) is 0 Å². The van der Waals surface area contributed by atoms with Crippen molar-refractivity contribution in [3.05, 3.63) is 42.0 Å². The summed E-state index contributed by atoms with van der Waals surface area (Å²) in [6.07, 6.45) is 3.94. The minimum absolute atomic E-state index is 0.0643. The first-order valence-corrected chi connectivity index (χ1v) is 6.66. The van der Waals surface area contributed by atoms with E-state index in [-0.39, 0.29) is 5.60 Å². The molecule has 0 amide bonds. The summed E-state index contributed by atoms with van der Waals surface area (Å²) in [5.41, 5.74) is 2.52. The van der Waals surface area contributed by atoms with Gasteiger partial charge in [-0.3, -0.25) is 0 Å². The zero-order chi connectivity index (χ0) is 13.2. The van der Waals surface area contributed by atoms with Crippen LogP contribution >= 0.6 is 0 Å². The predicted molar refractivity (Wildman–Crippen MR) is 76.0 cm³/mol. The second-order valence-corrected chi connectivity index (χ2v) is 5.75.